The molecule has 4 rings (SSSR count). The van der Waals surface area contributed by atoms with Crippen LogP contribution in [-0.2, 0) is 17.9 Å². The fourth-order valence-electron chi connectivity index (χ4n) is 4.01. The second-order valence-corrected chi connectivity index (χ2v) is 7.26. The number of aromatic nitrogens is 1. The molecule has 2 aromatic rings. The fraction of sp³-hybridized carbons (Fsp3) is 0.476. The first-order valence-electron chi connectivity index (χ1n) is 9.40. The van der Waals surface area contributed by atoms with Crippen molar-refractivity contribution in [1.29, 1.82) is 0 Å². The molecule has 0 saturated carbocycles. The van der Waals surface area contributed by atoms with Crippen LogP contribution in [0.2, 0.25) is 0 Å². The van der Waals surface area contributed by atoms with E-state index in [0.29, 0.717) is 18.8 Å². The van der Waals surface area contributed by atoms with Crippen molar-refractivity contribution >= 4 is 0 Å². The summed E-state index contributed by atoms with van der Waals surface area (Å²) in [6.07, 6.45) is 5.15. The Morgan fingerprint density at radius 3 is 2.73 bits per heavy atom. The topological polar surface area (TPSA) is 37.8 Å². The van der Waals surface area contributed by atoms with Gasteiger partial charge in [0.2, 0.25) is 0 Å². The molecule has 2 saturated heterocycles. The van der Waals surface area contributed by atoms with Crippen molar-refractivity contribution in [2.75, 3.05) is 33.3 Å². The van der Waals surface area contributed by atoms with Crippen LogP contribution in [0.25, 0.3) is 0 Å². The summed E-state index contributed by atoms with van der Waals surface area (Å²) in [5.74, 6) is 0.919. The van der Waals surface area contributed by atoms with Gasteiger partial charge in [0.25, 0.3) is 0 Å². The maximum absolute atomic E-state index is 6.15. The Morgan fingerprint density at radius 2 is 1.96 bits per heavy atom. The van der Waals surface area contributed by atoms with Crippen LogP contribution in [0.5, 0.6) is 5.75 Å². The Kier molecular flexibility index (Phi) is 5.48. The average Bonchev–Trinajstić information content (AvgIpc) is 3.10. The lowest BCUT2D eigenvalue weighted by Gasteiger charge is -2.37. The van der Waals surface area contributed by atoms with Crippen LogP contribution in [0.15, 0.2) is 48.8 Å². The second-order valence-electron chi connectivity index (χ2n) is 7.26. The van der Waals surface area contributed by atoms with Crippen molar-refractivity contribution in [3.63, 3.8) is 0 Å². The molecular weight excluding hydrogens is 326 g/mol. The van der Waals surface area contributed by atoms with Gasteiger partial charge in [0, 0.05) is 51.2 Å². The predicted octanol–water partition coefficient (Wildman–Crippen LogP) is 2.57. The van der Waals surface area contributed by atoms with E-state index >= 15 is 0 Å². The summed E-state index contributed by atoms with van der Waals surface area (Å²) < 4.78 is 11.4. The third-order valence-corrected chi connectivity index (χ3v) is 5.44. The van der Waals surface area contributed by atoms with Crippen LogP contribution in [0, 0.1) is 0 Å². The van der Waals surface area contributed by atoms with Gasteiger partial charge in [0.1, 0.15) is 5.75 Å². The molecule has 2 aliphatic heterocycles. The Bertz CT molecular complexity index is 692. The Hall–Kier alpha value is -1.95. The molecule has 5 nitrogen and oxygen atoms in total. The smallest absolute Gasteiger partial charge is 0.118 e. The summed E-state index contributed by atoms with van der Waals surface area (Å²) in [6.45, 7) is 6.11. The highest BCUT2D eigenvalue weighted by atomic mass is 16.5. The fourth-order valence-corrected chi connectivity index (χ4v) is 4.01. The monoisotopic (exact) mass is 353 g/mol. The molecule has 138 valence electrons. The third-order valence-electron chi connectivity index (χ3n) is 5.44. The van der Waals surface area contributed by atoms with E-state index in [2.05, 4.69) is 33.0 Å². The minimum Gasteiger partial charge on any atom is -0.497 e. The van der Waals surface area contributed by atoms with Gasteiger partial charge in [-0.25, -0.2) is 0 Å². The second kappa shape index (κ2) is 8.16. The van der Waals surface area contributed by atoms with Crippen molar-refractivity contribution in [2.24, 2.45) is 0 Å². The van der Waals surface area contributed by atoms with Crippen LogP contribution in [0.1, 0.15) is 17.5 Å². The number of ether oxygens (including phenoxy) is 2. The molecule has 2 fully saturated rings. The molecule has 2 aliphatic rings. The number of pyridine rings is 1. The first-order chi connectivity index (χ1) is 12.8. The van der Waals surface area contributed by atoms with Gasteiger partial charge in [0.05, 0.1) is 19.8 Å². The number of methoxy groups -OCH3 is 1. The molecular formula is C21H27N3O2. The van der Waals surface area contributed by atoms with Crippen LogP contribution in [0.3, 0.4) is 0 Å². The number of hydrogen-bond donors (Lipinski definition) is 0. The number of fused-ring (bicyclic) bond motifs is 1. The van der Waals surface area contributed by atoms with E-state index in [9.17, 15) is 0 Å². The largest absolute Gasteiger partial charge is 0.497 e. The van der Waals surface area contributed by atoms with Crippen molar-refractivity contribution in [1.82, 2.24) is 14.8 Å². The first kappa shape index (κ1) is 17.5. The van der Waals surface area contributed by atoms with E-state index in [4.69, 9.17) is 9.47 Å². The third kappa shape index (κ3) is 4.23. The Balaban J connectivity index is 1.27. The van der Waals surface area contributed by atoms with Gasteiger partial charge in [-0.15, -0.1) is 0 Å². The SMILES string of the molecule is COc1ccc(CN2CCN3CC(OCc4cccnc4)CC3C2)cc1. The average molecular weight is 353 g/mol. The minimum atomic E-state index is 0.334. The molecule has 2 unspecified atom stereocenters. The number of piperazine rings is 1. The quantitative estimate of drug-likeness (QED) is 0.798. The molecule has 0 amide bonds. The van der Waals surface area contributed by atoms with E-state index < -0.39 is 0 Å². The van der Waals surface area contributed by atoms with Crippen LogP contribution in [0.4, 0.5) is 0 Å². The van der Waals surface area contributed by atoms with Crippen LogP contribution >= 0.6 is 0 Å². The molecule has 26 heavy (non-hydrogen) atoms. The van der Waals surface area contributed by atoms with Crippen LogP contribution in [-0.4, -0.2) is 60.2 Å². The summed E-state index contributed by atoms with van der Waals surface area (Å²) >= 11 is 0. The van der Waals surface area contributed by atoms with E-state index in [0.717, 1.165) is 50.5 Å². The molecule has 3 heterocycles. The van der Waals surface area contributed by atoms with Gasteiger partial charge < -0.3 is 9.47 Å². The Labute approximate surface area is 155 Å². The number of benzene rings is 1. The van der Waals surface area contributed by atoms with Gasteiger partial charge in [-0.1, -0.05) is 18.2 Å². The van der Waals surface area contributed by atoms with E-state index in [-0.39, 0.29) is 0 Å². The lowest BCUT2D eigenvalue weighted by atomic mass is 10.1. The van der Waals surface area contributed by atoms with E-state index in [1.165, 1.54) is 5.56 Å². The van der Waals surface area contributed by atoms with Gasteiger partial charge >= 0.3 is 0 Å². The van der Waals surface area contributed by atoms with E-state index in [1.807, 2.05) is 24.4 Å². The highest BCUT2D eigenvalue weighted by Crippen LogP contribution is 2.26. The lowest BCUT2D eigenvalue weighted by molar-refractivity contribution is 0.0457. The zero-order valence-electron chi connectivity index (χ0n) is 15.4. The van der Waals surface area contributed by atoms with Crippen LogP contribution < -0.4 is 4.74 Å². The van der Waals surface area contributed by atoms with Gasteiger partial charge in [-0.05, 0) is 35.7 Å². The summed E-state index contributed by atoms with van der Waals surface area (Å²) in [6, 6.07) is 13.1. The zero-order valence-corrected chi connectivity index (χ0v) is 15.4. The first-order valence-corrected chi connectivity index (χ1v) is 9.40. The maximum atomic E-state index is 6.15. The van der Waals surface area contributed by atoms with Crippen molar-refractivity contribution in [3.8, 4) is 5.75 Å². The number of hydrogen-bond acceptors (Lipinski definition) is 5. The van der Waals surface area contributed by atoms with Crippen molar-refractivity contribution in [3.05, 3.63) is 59.9 Å². The van der Waals surface area contributed by atoms with Crippen molar-refractivity contribution < 1.29 is 9.47 Å². The summed E-state index contributed by atoms with van der Waals surface area (Å²) in [5.41, 5.74) is 2.50. The van der Waals surface area contributed by atoms with Crippen molar-refractivity contribution in [2.45, 2.75) is 31.7 Å². The minimum absolute atomic E-state index is 0.334. The predicted molar refractivity (Wildman–Crippen MR) is 101 cm³/mol. The molecule has 1 aromatic heterocycles. The highest BCUT2D eigenvalue weighted by Gasteiger charge is 2.36. The summed E-state index contributed by atoms with van der Waals surface area (Å²) in [7, 11) is 1.71. The highest BCUT2D eigenvalue weighted by molar-refractivity contribution is 5.27. The van der Waals surface area contributed by atoms with Gasteiger partial charge in [0.15, 0.2) is 0 Å². The summed E-state index contributed by atoms with van der Waals surface area (Å²) in [4.78, 5) is 9.32. The summed E-state index contributed by atoms with van der Waals surface area (Å²) in [5, 5.41) is 0. The Morgan fingerprint density at radius 1 is 1.08 bits per heavy atom. The van der Waals surface area contributed by atoms with Gasteiger partial charge in [-0.2, -0.15) is 0 Å². The standard InChI is InChI=1S/C21H27N3O2/c1-25-20-6-4-17(5-7-20)13-23-9-10-24-15-21(11-19(24)14-23)26-16-18-3-2-8-22-12-18/h2-8,12,19,21H,9-11,13-16H2,1H3. The maximum Gasteiger partial charge on any atom is 0.118 e. The molecule has 5 heteroatoms. The lowest BCUT2D eigenvalue weighted by Crippen LogP contribution is -2.49. The number of nitrogens with zero attached hydrogens (tertiary/aromatic N) is 3. The normalized spacial score (nSPS) is 23.7. The zero-order chi connectivity index (χ0) is 17.8. The van der Waals surface area contributed by atoms with E-state index in [1.54, 1.807) is 13.3 Å². The molecule has 0 radical (unpaired) electrons. The van der Waals surface area contributed by atoms with Gasteiger partial charge in [-0.3, -0.25) is 14.8 Å². The molecule has 0 bridgehead atoms. The molecule has 0 spiro atoms. The molecule has 2 atom stereocenters. The molecule has 0 aliphatic carbocycles. The molecule has 0 N–H and O–H groups in total. The number of rotatable bonds is 6. The molecule has 1 aromatic carbocycles.